The van der Waals surface area contributed by atoms with Crippen LogP contribution in [0.15, 0.2) is 60.7 Å². The first-order valence-corrected chi connectivity index (χ1v) is 17.5. The Hall–Kier alpha value is -4.26. The van der Waals surface area contributed by atoms with Crippen LogP contribution in [0.5, 0.6) is 17.2 Å². The topological polar surface area (TPSA) is 102 Å². The molecule has 0 radical (unpaired) electrons. The van der Waals surface area contributed by atoms with Gasteiger partial charge in [-0.25, -0.2) is 4.98 Å². The van der Waals surface area contributed by atoms with Crippen molar-refractivity contribution >= 4 is 40.2 Å². The summed E-state index contributed by atoms with van der Waals surface area (Å²) in [7, 11) is 4.66. The van der Waals surface area contributed by atoms with Gasteiger partial charge in [0, 0.05) is 43.9 Å². The standard InChI is InChI=1S/C37H44N6O4S2/c1-24-8-12-26(13-9-24)33-32(27-20-29(45-5)34(47-7)30(21-27)46-6)39-35(41-40-33)38-31(44)23-49-36(48)43-18-16-42(17-19-43)22-25-10-14-28(15-11-25)37(2,3)4/h8-15,20-21H,16-19,22-23H2,1-7H3,(H,38,39,41,44). The number of benzene rings is 3. The van der Waals surface area contributed by atoms with E-state index in [-0.39, 0.29) is 23.0 Å². The number of hydrogen-bond donors (Lipinski definition) is 1. The summed E-state index contributed by atoms with van der Waals surface area (Å²) in [5.74, 6) is 1.34. The summed E-state index contributed by atoms with van der Waals surface area (Å²) in [6.07, 6.45) is 0. The molecule has 258 valence electrons. The molecule has 1 N–H and O–H groups in total. The molecule has 1 amide bonds. The molecule has 0 aliphatic carbocycles. The summed E-state index contributed by atoms with van der Waals surface area (Å²) >= 11 is 7.06. The van der Waals surface area contributed by atoms with E-state index in [1.807, 2.05) is 31.2 Å². The van der Waals surface area contributed by atoms with E-state index in [1.165, 1.54) is 22.9 Å². The highest BCUT2D eigenvalue weighted by molar-refractivity contribution is 8.23. The molecule has 4 aromatic rings. The first kappa shape index (κ1) is 36.0. The zero-order valence-corrected chi connectivity index (χ0v) is 30.8. The Morgan fingerprint density at radius 2 is 1.49 bits per heavy atom. The van der Waals surface area contributed by atoms with E-state index < -0.39 is 0 Å². The van der Waals surface area contributed by atoms with Crippen LogP contribution in [0.25, 0.3) is 22.5 Å². The highest BCUT2D eigenvalue weighted by Crippen LogP contribution is 2.42. The summed E-state index contributed by atoms with van der Waals surface area (Å²) < 4.78 is 17.4. The Kier molecular flexibility index (Phi) is 11.7. The predicted octanol–water partition coefficient (Wildman–Crippen LogP) is 6.61. The minimum absolute atomic E-state index is 0.0836. The lowest BCUT2D eigenvalue weighted by molar-refractivity contribution is -0.113. The zero-order chi connectivity index (χ0) is 35.1. The summed E-state index contributed by atoms with van der Waals surface area (Å²) in [4.78, 5) is 22.4. The minimum Gasteiger partial charge on any atom is -0.493 e. The quantitative estimate of drug-likeness (QED) is 0.181. The molecule has 12 heteroatoms. The number of piperazine rings is 1. The van der Waals surface area contributed by atoms with Crippen LogP contribution < -0.4 is 19.5 Å². The average Bonchev–Trinajstić information content (AvgIpc) is 3.10. The number of aryl methyl sites for hydroxylation is 1. The van der Waals surface area contributed by atoms with Crippen LogP contribution in [0.3, 0.4) is 0 Å². The van der Waals surface area contributed by atoms with E-state index in [0.717, 1.165) is 43.9 Å². The van der Waals surface area contributed by atoms with Gasteiger partial charge in [-0.15, -0.1) is 10.2 Å². The zero-order valence-electron chi connectivity index (χ0n) is 29.2. The van der Waals surface area contributed by atoms with Crippen molar-refractivity contribution in [2.75, 3.05) is 58.6 Å². The Bertz CT molecular complexity index is 1740. The molecule has 1 aliphatic rings. The van der Waals surface area contributed by atoms with Crippen molar-refractivity contribution in [2.24, 2.45) is 0 Å². The Balaban J connectivity index is 1.22. The number of amides is 1. The SMILES string of the molecule is COc1cc(-c2nc(NC(=O)CSC(=S)N3CCN(Cc4ccc(C(C)(C)C)cc4)CC3)nnc2-c2ccc(C)cc2)cc(OC)c1OC. The van der Waals surface area contributed by atoms with Gasteiger partial charge in [-0.3, -0.25) is 15.0 Å². The molecule has 1 saturated heterocycles. The van der Waals surface area contributed by atoms with Crippen LogP contribution in [-0.4, -0.2) is 88.5 Å². The third kappa shape index (κ3) is 9.05. The first-order chi connectivity index (χ1) is 23.5. The van der Waals surface area contributed by atoms with Crippen LogP contribution in [-0.2, 0) is 16.8 Å². The second-order valence-corrected chi connectivity index (χ2v) is 14.5. The minimum atomic E-state index is -0.273. The number of hydrogen-bond acceptors (Lipinski definition) is 10. The van der Waals surface area contributed by atoms with E-state index >= 15 is 0 Å². The van der Waals surface area contributed by atoms with Crippen molar-refractivity contribution < 1.29 is 19.0 Å². The summed E-state index contributed by atoms with van der Waals surface area (Å²) in [5.41, 5.74) is 6.44. The number of methoxy groups -OCH3 is 3. The summed E-state index contributed by atoms with van der Waals surface area (Å²) in [6.45, 7) is 13.1. The number of ether oxygens (including phenoxy) is 3. The molecule has 10 nitrogen and oxygen atoms in total. The average molecular weight is 701 g/mol. The van der Waals surface area contributed by atoms with Crippen molar-refractivity contribution in [3.05, 3.63) is 77.4 Å². The molecular formula is C37H44N6O4S2. The van der Waals surface area contributed by atoms with E-state index in [4.69, 9.17) is 31.4 Å². The van der Waals surface area contributed by atoms with Gasteiger partial charge in [-0.1, -0.05) is 98.8 Å². The van der Waals surface area contributed by atoms with Gasteiger partial charge in [0.1, 0.15) is 15.7 Å². The van der Waals surface area contributed by atoms with Gasteiger partial charge in [-0.05, 0) is 35.6 Å². The number of carbonyl (C=O) groups is 1. The first-order valence-electron chi connectivity index (χ1n) is 16.1. The Labute approximate surface area is 298 Å². The normalized spacial score (nSPS) is 13.6. The molecule has 49 heavy (non-hydrogen) atoms. The molecule has 0 saturated carbocycles. The lowest BCUT2D eigenvalue weighted by atomic mass is 9.87. The second-order valence-electron chi connectivity index (χ2n) is 12.9. The monoisotopic (exact) mass is 700 g/mol. The van der Waals surface area contributed by atoms with Crippen molar-refractivity contribution in [1.82, 2.24) is 25.0 Å². The molecule has 3 aromatic carbocycles. The van der Waals surface area contributed by atoms with Crippen LogP contribution in [0.1, 0.15) is 37.5 Å². The molecule has 1 aromatic heterocycles. The largest absolute Gasteiger partial charge is 0.493 e. The van der Waals surface area contributed by atoms with E-state index in [2.05, 4.69) is 70.4 Å². The number of anilines is 1. The van der Waals surface area contributed by atoms with Gasteiger partial charge in [0.2, 0.25) is 17.6 Å². The van der Waals surface area contributed by atoms with Gasteiger partial charge >= 0.3 is 0 Å². The lowest BCUT2D eigenvalue weighted by Gasteiger charge is -2.36. The number of thioether (sulfide) groups is 1. The molecule has 0 atom stereocenters. The van der Waals surface area contributed by atoms with Crippen molar-refractivity contribution in [3.8, 4) is 39.8 Å². The van der Waals surface area contributed by atoms with E-state index in [0.29, 0.717) is 38.5 Å². The highest BCUT2D eigenvalue weighted by atomic mass is 32.2. The maximum Gasteiger partial charge on any atom is 0.250 e. The number of nitrogens with one attached hydrogen (secondary N) is 1. The summed E-state index contributed by atoms with van der Waals surface area (Å²) in [6, 6.07) is 20.4. The third-order valence-corrected chi connectivity index (χ3v) is 9.91. The third-order valence-electron chi connectivity index (χ3n) is 8.38. The van der Waals surface area contributed by atoms with Crippen LogP contribution in [0, 0.1) is 6.92 Å². The number of thiocarbonyl (C=S) groups is 1. The molecule has 2 heterocycles. The van der Waals surface area contributed by atoms with Gasteiger partial charge in [0.15, 0.2) is 11.5 Å². The lowest BCUT2D eigenvalue weighted by Crippen LogP contribution is -2.47. The second kappa shape index (κ2) is 16.0. The Morgan fingerprint density at radius 3 is 2.06 bits per heavy atom. The van der Waals surface area contributed by atoms with E-state index in [1.54, 1.807) is 33.5 Å². The highest BCUT2D eigenvalue weighted by Gasteiger charge is 2.23. The summed E-state index contributed by atoms with van der Waals surface area (Å²) in [5, 5.41) is 11.6. The van der Waals surface area contributed by atoms with Gasteiger partial charge in [0.05, 0.1) is 27.1 Å². The fraction of sp³-hybridized carbons (Fsp3) is 0.378. The molecule has 0 unspecified atom stereocenters. The van der Waals surface area contributed by atoms with Gasteiger partial charge in [0.25, 0.3) is 0 Å². The van der Waals surface area contributed by atoms with Gasteiger partial charge in [-0.2, -0.15) is 0 Å². The molecule has 0 bridgehead atoms. The molecule has 5 rings (SSSR count). The number of aromatic nitrogens is 3. The number of nitrogens with zero attached hydrogens (tertiary/aromatic N) is 5. The maximum atomic E-state index is 13.1. The van der Waals surface area contributed by atoms with E-state index in [9.17, 15) is 4.79 Å². The van der Waals surface area contributed by atoms with Crippen molar-refractivity contribution in [1.29, 1.82) is 0 Å². The van der Waals surface area contributed by atoms with Crippen LogP contribution >= 0.6 is 24.0 Å². The molecule has 0 spiro atoms. The van der Waals surface area contributed by atoms with Crippen molar-refractivity contribution in [2.45, 2.75) is 39.7 Å². The number of carbonyl (C=O) groups excluding carboxylic acids is 1. The molecular weight excluding hydrogens is 657 g/mol. The smallest absolute Gasteiger partial charge is 0.250 e. The molecule has 1 fully saturated rings. The maximum absolute atomic E-state index is 13.1. The number of rotatable bonds is 10. The van der Waals surface area contributed by atoms with Crippen molar-refractivity contribution in [3.63, 3.8) is 0 Å². The van der Waals surface area contributed by atoms with Gasteiger partial charge < -0.3 is 19.1 Å². The van der Waals surface area contributed by atoms with Crippen LogP contribution in [0.4, 0.5) is 5.95 Å². The predicted molar refractivity (Wildman–Crippen MR) is 201 cm³/mol. The Morgan fingerprint density at radius 1 is 0.857 bits per heavy atom. The molecule has 1 aliphatic heterocycles. The fourth-order valence-electron chi connectivity index (χ4n) is 5.54. The fourth-order valence-corrected chi connectivity index (χ4v) is 6.59. The van der Waals surface area contributed by atoms with Crippen LogP contribution in [0.2, 0.25) is 0 Å².